The normalized spacial score (nSPS) is 16.1. The molecule has 3 rings (SSSR count). The fourth-order valence-electron chi connectivity index (χ4n) is 2.83. The number of carbonyl (C=O) groups is 1. The third kappa shape index (κ3) is 3.65. The molecule has 0 spiro atoms. The minimum Gasteiger partial charge on any atom is -0.493 e. The lowest BCUT2D eigenvalue weighted by atomic mass is 10.1. The number of carbonyl (C=O) groups excluding carboxylic acids is 1. The zero-order valence-corrected chi connectivity index (χ0v) is 14.4. The quantitative estimate of drug-likeness (QED) is 0.601. The Hall–Kier alpha value is -2.20. The molecule has 0 bridgehead atoms. The number of hydrogen-bond donors (Lipinski definition) is 0. The first-order valence-corrected chi connectivity index (χ1v) is 8.46. The average molecular weight is 346 g/mol. The molecule has 1 aliphatic heterocycles. The van der Waals surface area contributed by atoms with Gasteiger partial charge in [0, 0.05) is 24.6 Å². The van der Waals surface area contributed by atoms with Crippen molar-refractivity contribution in [3.63, 3.8) is 0 Å². The Balaban J connectivity index is 1.73. The molecule has 1 fully saturated rings. The van der Waals surface area contributed by atoms with Crippen molar-refractivity contribution in [1.29, 1.82) is 0 Å². The van der Waals surface area contributed by atoms with Crippen LogP contribution in [-0.4, -0.2) is 31.0 Å². The average Bonchev–Trinajstić information content (AvgIpc) is 3.06. The summed E-state index contributed by atoms with van der Waals surface area (Å²) in [6, 6.07) is 7.53. The lowest BCUT2D eigenvalue weighted by Gasteiger charge is -2.25. The minimum atomic E-state index is 0.0293. The summed E-state index contributed by atoms with van der Waals surface area (Å²) in [6.45, 7) is 1.67. The van der Waals surface area contributed by atoms with Gasteiger partial charge in [0.1, 0.15) is 5.76 Å². The second-order valence-electron chi connectivity index (χ2n) is 5.75. The summed E-state index contributed by atoms with van der Waals surface area (Å²) in [4.78, 5) is 13.9. The number of likely N-dealkylation sites (tertiary alicyclic amines) is 1. The van der Waals surface area contributed by atoms with Gasteiger partial charge in [0.25, 0.3) is 0 Å². The zero-order valence-electron chi connectivity index (χ0n) is 13.6. The van der Waals surface area contributed by atoms with Crippen LogP contribution in [0.2, 0.25) is 0 Å². The Morgan fingerprint density at radius 1 is 1.29 bits per heavy atom. The van der Waals surface area contributed by atoms with Crippen LogP contribution in [0.25, 0.3) is 16.0 Å². The molecular formula is C19H20ClNO3. The van der Waals surface area contributed by atoms with Crippen LogP contribution in [-0.2, 0) is 4.79 Å². The largest absolute Gasteiger partial charge is 0.493 e. The maximum Gasteiger partial charge on any atom is 0.246 e. The van der Waals surface area contributed by atoms with Crippen molar-refractivity contribution >= 4 is 33.5 Å². The van der Waals surface area contributed by atoms with Crippen LogP contribution >= 0.6 is 11.6 Å². The van der Waals surface area contributed by atoms with Crippen LogP contribution < -0.4 is 4.74 Å². The van der Waals surface area contributed by atoms with Crippen LogP contribution in [0.1, 0.15) is 25.0 Å². The molecule has 0 N–H and O–H groups in total. The fourth-order valence-corrected chi connectivity index (χ4v) is 3.00. The Morgan fingerprint density at radius 2 is 2.08 bits per heavy atom. The smallest absolute Gasteiger partial charge is 0.246 e. The van der Waals surface area contributed by atoms with Gasteiger partial charge < -0.3 is 14.1 Å². The zero-order chi connectivity index (χ0) is 16.9. The van der Waals surface area contributed by atoms with Crippen molar-refractivity contribution in [2.45, 2.75) is 19.3 Å². The van der Waals surface area contributed by atoms with Crippen LogP contribution in [0, 0.1) is 0 Å². The van der Waals surface area contributed by atoms with Gasteiger partial charge in [0.05, 0.1) is 12.1 Å². The van der Waals surface area contributed by atoms with Crippen LogP contribution in [0.5, 0.6) is 5.75 Å². The van der Waals surface area contributed by atoms with Crippen molar-refractivity contribution in [1.82, 2.24) is 4.90 Å². The lowest BCUT2D eigenvalue weighted by molar-refractivity contribution is -0.126. The molecule has 1 aromatic heterocycles. The third-order valence-corrected chi connectivity index (χ3v) is 4.42. The monoisotopic (exact) mass is 345 g/mol. The van der Waals surface area contributed by atoms with Crippen molar-refractivity contribution in [2.24, 2.45) is 0 Å². The van der Waals surface area contributed by atoms with E-state index in [9.17, 15) is 4.79 Å². The van der Waals surface area contributed by atoms with E-state index in [1.165, 1.54) is 6.42 Å². The first kappa shape index (κ1) is 16.7. The highest BCUT2D eigenvalue weighted by Gasteiger charge is 2.13. The number of rotatable bonds is 4. The van der Waals surface area contributed by atoms with Gasteiger partial charge in [-0.05, 0) is 37.5 Å². The number of allylic oxidation sites excluding steroid dienone is 2. The summed E-state index contributed by atoms with van der Waals surface area (Å²) in [5.74, 6) is 1.24. The van der Waals surface area contributed by atoms with Gasteiger partial charge in [-0.3, -0.25) is 4.79 Å². The van der Waals surface area contributed by atoms with Crippen molar-refractivity contribution in [2.75, 3.05) is 20.2 Å². The number of para-hydroxylation sites is 1. The van der Waals surface area contributed by atoms with E-state index in [0.29, 0.717) is 22.1 Å². The number of hydrogen-bond acceptors (Lipinski definition) is 3. The van der Waals surface area contributed by atoms with E-state index in [0.717, 1.165) is 31.3 Å². The van der Waals surface area contributed by atoms with E-state index in [1.54, 1.807) is 25.3 Å². The summed E-state index contributed by atoms with van der Waals surface area (Å²) in [5, 5.41) is 1.36. The van der Waals surface area contributed by atoms with Gasteiger partial charge in [-0.2, -0.15) is 0 Å². The molecule has 2 heterocycles. The Morgan fingerprint density at radius 3 is 2.83 bits per heavy atom. The summed E-state index contributed by atoms with van der Waals surface area (Å²) in [7, 11) is 1.60. The maximum atomic E-state index is 12.1. The van der Waals surface area contributed by atoms with Gasteiger partial charge in [0.15, 0.2) is 11.3 Å². The van der Waals surface area contributed by atoms with Gasteiger partial charge in [0.2, 0.25) is 5.91 Å². The van der Waals surface area contributed by atoms with Crippen molar-refractivity contribution in [3.8, 4) is 5.75 Å². The van der Waals surface area contributed by atoms with Crippen LogP contribution in [0.4, 0.5) is 0 Å². The Kier molecular flexibility index (Phi) is 5.26. The number of methoxy groups -OCH3 is 1. The predicted octanol–water partition coefficient (Wildman–Crippen LogP) is 4.59. The number of amides is 1. The number of piperidine rings is 1. The first-order chi connectivity index (χ1) is 11.7. The molecule has 0 aliphatic carbocycles. The Bertz CT molecular complexity index is 785. The molecule has 0 unspecified atom stereocenters. The molecule has 4 nitrogen and oxygen atoms in total. The summed E-state index contributed by atoms with van der Waals surface area (Å²) >= 11 is 6.29. The van der Waals surface area contributed by atoms with E-state index in [1.807, 2.05) is 29.2 Å². The van der Waals surface area contributed by atoms with Gasteiger partial charge in [-0.25, -0.2) is 0 Å². The number of nitrogens with zero attached hydrogens (tertiary/aromatic N) is 1. The second kappa shape index (κ2) is 7.58. The fraction of sp³-hybridized carbons (Fsp3) is 0.316. The standard InChI is InChI=1S/C19H20ClNO3/c1-23-16-9-5-7-14-13-17(24-19(14)16)15(20)8-6-10-18(22)21-11-3-2-4-12-21/h5-10,13H,2-4,11-12H2,1H3/b10-6+,15-8+. The van der Waals surface area contributed by atoms with E-state index < -0.39 is 0 Å². The predicted molar refractivity (Wildman–Crippen MR) is 96.2 cm³/mol. The molecule has 1 amide bonds. The summed E-state index contributed by atoms with van der Waals surface area (Å²) in [6.07, 6.45) is 8.26. The Labute approximate surface area is 146 Å². The van der Waals surface area contributed by atoms with E-state index in [-0.39, 0.29) is 5.91 Å². The maximum absolute atomic E-state index is 12.1. The molecule has 2 aromatic rings. The molecular weight excluding hydrogens is 326 g/mol. The minimum absolute atomic E-state index is 0.0293. The number of halogens is 1. The SMILES string of the molecule is COc1cccc2cc(/C(Cl)=C\C=C\C(=O)N3CCCCC3)oc12. The third-order valence-electron chi connectivity index (χ3n) is 4.11. The van der Waals surface area contributed by atoms with E-state index in [4.69, 9.17) is 20.8 Å². The number of furan rings is 1. The van der Waals surface area contributed by atoms with Gasteiger partial charge in [-0.15, -0.1) is 0 Å². The topological polar surface area (TPSA) is 42.7 Å². The molecule has 0 saturated carbocycles. The van der Waals surface area contributed by atoms with E-state index >= 15 is 0 Å². The summed E-state index contributed by atoms with van der Waals surface area (Å²) in [5.41, 5.74) is 0.662. The highest BCUT2D eigenvalue weighted by Crippen LogP contribution is 2.32. The van der Waals surface area contributed by atoms with Crippen molar-refractivity contribution in [3.05, 3.63) is 48.3 Å². The van der Waals surface area contributed by atoms with Crippen LogP contribution in [0.15, 0.2) is 46.9 Å². The molecule has 1 aliphatic rings. The number of benzene rings is 1. The molecule has 24 heavy (non-hydrogen) atoms. The van der Waals surface area contributed by atoms with E-state index in [2.05, 4.69) is 0 Å². The highest BCUT2D eigenvalue weighted by molar-refractivity contribution is 6.48. The van der Waals surface area contributed by atoms with Gasteiger partial charge >= 0.3 is 0 Å². The molecule has 126 valence electrons. The van der Waals surface area contributed by atoms with Crippen molar-refractivity contribution < 1.29 is 13.9 Å². The van der Waals surface area contributed by atoms with Gasteiger partial charge in [-0.1, -0.05) is 29.8 Å². The molecule has 1 aromatic carbocycles. The first-order valence-electron chi connectivity index (χ1n) is 8.09. The van der Waals surface area contributed by atoms with Crippen LogP contribution in [0.3, 0.4) is 0 Å². The lowest BCUT2D eigenvalue weighted by Crippen LogP contribution is -2.34. The number of ether oxygens (including phenoxy) is 1. The second-order valence-corrected chi connectivity index (χ2v) is 6.16. The number of fused-ring (bicyclic) bond motifs is 1. The molecule has 0 atom stereocenters. The molecule has 0 radical (unpaired) electrons. The summed E-state index contributed by atoms with van der Waals surface area (Å²) < 4.78 is 11.1. The highest BCUT2D eigenvalue weighted by atomic mass is 35.5. The molecule has 5 heteroatoms. The molecule has 1 saturated heterocycles.